The molecule has 0 bridgehead atoms. The van der Waals surface area contributed by atoms with Gasteiger partial charge in [0.15, 0.2) is 0 Å². The number of rotatable bonds is 3. The van der Waals surface area contributed by atoms with Crippen LogP contribution in [0, 0.1) is 11.8 Å². The van der Waals surface area contributed by atoms with Gasteiger partial charge in [-0.1, -0.05) is 33.1 Å². The van der Waals surface area contributed by atoms with E-state index in [9.17, 15) is 4.79 Å². The molecule has 0 aromatic rings. The quantitative estimate of drug-likeness (QED) is 0.734. The monoisotopic (exact) mass is 237 g/mol. The lowest BCUT2D eigenvalue weighted by Crippen LogP contribution is -2.41. The molecule has 0 N–H and O–H groups in total. The van der Waals surface area contributed by atoms with Crippen molar-refractivity contribution in [2.45, 2.75) is 71.3 Å². The van der Waals surface area contributed by atoms with Gasteiger partial charge in [-0.25, -0.2) is 0 Å². The highest BCUT2D eigenvalue weighted by molar-refractivity contribution is 5.79. The van der Waals surface area contributed by atoms with Crippen molar-refractivity contribution in [2.24, 2.45) is 11.8 Å². The topological polar surface area (TPSA) is 20.3 Å². The molecule has 0 aromatic carbocycles. The molecular weight excluding hydrogens is 210 g/mol. The van der Waals surface area contributed by atoms with E-state index in [1.807, 2.05) is 0 Å². The van der Waals surface area contributed by atoms with Crippen molar-refractivity contribution in [3.05, 3.63) is 0 Å². The summed E-state index contributed by atoms with van der Waals surface area (Å²) in [7, 11) is 0. The summed E-state index contributed by atoms with van der Waals surface area (Å²) in [5.41, 5.74) is 0. The first-order chi connectivity index (χ1) is 8.24. The molecule has 0 unspecified atom stereocenters. The fourth-order valence-corrected chi connectivity index (χ4v) is 3.65. The number of carbonyl (C=O) groups is 1. The van der Waals surface area contributed by atoms with E-state index >= 15 is 0 Å². The van der Waals surface area contributed by atoms with Gasteiger partial charge >= 0.3 is 0 Å². The maximum Gasteiger partial charge on any atom is 0.225 e. The Balaban J connectivity index is 1.93. The molecule has 0 aromatic heterocycles. The summed E-state index contributed by atoms with van der Waals surface area (Å²) in [5.74, 6) is 1.37. The third-order valence-corrected chi connectivity index (χ3v) is 4.88. The minimum absolute atomic E-state index is 0.266. The van der Waals surface area contributed by atoms with Crippen molar-refractivity contribution in [3.63, 3.8) is 0 Å². The highest BCUT2D eigenvalue weighted by Gasteiger charge is 2.33. The SMILES string of the molecule is CC[C@@H]1CCCN1C(=O)[C@@H](C)C1CCCCC1. The molecule has 0 spiro atoms. The number of likely N-dealkylation sites (tertiary alicyclic amines) is 1. The van der Waals surface area contributed by atoms with Crippen molar-refractivity contribution in [2.75, 3.05) is 6.54 Å². The van der Waals surface area contributed by atoms with Crippen molar-refractivity contribution >= 4 is 5.91 Å². The van der Waals surface area contributed by atoms with Crippen LogP contribution < -0.4 is 0 Å². The Morgan fingerprint density at radius 3 is 2.53 bits per heavy atom. The molecule has 1 amide bonds. The molecule has 2 heteroatoms. The summed E-state index contributed by atoms with van der Waals surface area (Å²) in [6, 6.07) is 0.536. The van der Waals surface area contributed by atoms with Gasteiger partial charge in [0.1, 0.15) is 0 Å². The zero-order valence-electron chi connectivity index (χ0n) is 11.5. The minimum Gasteiger partial charge on any atom is -0.339 e. The summed E-state index contributed by atoms with van der Waals surface area (Å²) in [6.07, 6.45) is 10.1. The van der Waals surface area contributed by atoms with Crippen LogP contribution in [0.25, 0.3) is 0 Å². The van der Waals surface area contributed by atoms with E-state index in [1.54, 1.807) is 0 Å². The number of amides is 1. The Kier molecular flexibility index (Phi) is 4.47. The largest absolute Gasteiger partial charge is 0.339 e. The highest BCUT2D eigenvalue weighted by Crippen LogP contribution is 2.32. The smallest absolute Gasteiger partial charge is 0.225 e. The maximum absolute atomic E-state index is 12.5. The van der Waals surface area contributed by atoms with Crippen molar-refractivity contribution in [1.82, 2.24) is 4.90 Å². The van der Waals surface area contributed by atoms with Crippen LogP contribution in [-0.4, -0.2) is 23.4 Å². The molecule has 1 aliphatic heterocycles. The van der Waals surface area contributed by atoms with Crippen LogP contribution in [0.1, 0.15) is 65.2 Å². The lowest BCUT2D eigenvalue weighted by atomic mass is 9.80. The predicted molar refractivity (Wildman–Crippen MR) is 70.8 cm³/mol. The predicted octanol–water partition coefficient (Wildman–Crippen LogP) is 3.60. The Morgan fingerprint density at radius 2 is 1.88 bits per heavy atom. The first-order valence-corrected chi connectivity index (χ1v) is 7.54. The minimum atomic E-state index is 0.266. The number of carbonyl (C=O) groups excluding carboxylic acids is 1. The Morgan fingerprint density at radius 1 is 1.18 bits per heavy atom. The Bertz CT molecular complexity index is 258. The molecule has 17 heavy (non-hydrogen) atoms. The second-order valence-electron chi connectivity index (χ2n) is 5.92. The van der Waals surface area contributed by atoms with Gasteiger partial charge in [-0.2, -0.15) is 0 Å². The summed E-state index contributed by atoms with van der Waals surface area (Å²) in [6.45, 7) is 5.39. The van der Waals surface area contributed by atoms with Gasteiger partial charge in [0.05, 0.1) is 0 Å². The van der Waals surface area contributed by atoms with Gasteiger partial charge in [-0.05, 0) is 38.0 Å². The van der Waals surface area contributed by atoms with Gasteiger partial charge in [0, 0.05) is 18.5 Å². The average molecular weight is 237 g/mol. The van der Waals surface area contributed by atoms with Crippen LogP contribution in [0.2, 0.25) is 0 Å². The first kappa shape index (κ1) is 12.9. The summed E-state index contributed by atoms with van der Waals surface area (Å²) in [4.78, 5) is 14.7. The van der Waals surface area contributed by atoms with Gasteiger partial charge in [0.2, 0.25) is 5.91 Å². The number of hydrogen-bond donors (Lipinski definition) is 0. The molecule has 98 valence electrons. The maximum atomic E-state index is 12.5. The van der Waals surface area contributed by atoms with Gasteiger partial charge < -0.3 is 4.90 Å². The molecule has 2 nitrogen and oxygen atoms in total. The molecule has 1 saturated carbocycles. The number of nitrogens with zero attached hydrogens (tertiary/aromatic N) is 1. The molecule has 2 aliphatic rings. The van der Waals surface area contributed by atoms with E-state index in [2.05, 4.69) is 18.7 Å². The summed E-state index contributed by atoms with van der Waals surface area (Å²) in [5, 5.41) is 0. The van der Waals surface area contributed by atoms with E-state index in [1.165, 1.54) is 44.9 Å². The van der Waals surface area contributed by atoms with E-state index in [4.69, 9.17) is 0 Å². The third-order valence-electron chi connectivity index (χ3n) is 4.88. The van der Waals surface area contributed by atoms with Gasteiger partial charge in [-0.15, -0.1) is 0 Å². The Labute approximate surface area is 106 Å². The standard InChI is InChI=1S/C15H27NO/c1-3-14-10-7-11-16(14)15(17)12(2)13-8-5-4-6-9-13/h12-14H,3-11H2,1-2H3/t12-,14+/m0/s1. The van der Waals surface area contributed by atoms with E-state index < -0.39 is 0 Å². The van der Waals surface area contributed by atoms with Crippen molar-refractivity contribution in [1.29, 1.82) is 0 Å². The van der Waals surface area contributed by atoms with Crippen LogP contribution in [0.3, 0.4) is 0 Å². The highest BCUT2D eigenvalue weighted by atomic mass is 16.2. The Hall–Kier alpha value is -0.530. The molecule has 1 heterocycles. The summed E-state index contributed by atoms with van der Waals surface area (Å²) >= 11 is 0. The van der Waals surface area contributed by atoms with Crippen LogP contribution in [-0.2, 0) is 4.79 Å². The fourth-order valence-electron chi connectivity index (χ4n) is 3.65. The molecule has 1 saturated heterocycles. The molecule has 0 radical (unpaired) electrons. The molecule has 2 atom stereocenters. The second kappa shape index (κ2) is 5.88. The van der Waals surface area contributed by atoms with Crippen molar-refractivity contribution < 1.29 is 4.79 Å². The van der Waals surface area contributed by atoms with E-state index in [0.717, 1.165) is 13.0 Å². The molecular formula is C15H27NO. The lowest BCUT2D eigenvalue weighted by Gasteiger charge is -2.32. The fraction of sp³-hybridized carbons (Fsp3) is 0.933. The second-order valence-corrected chi connectivity index (χ2v) is 5.92. The van der Waals surface area contributed by atoms with Crippen LogP contribution >= 0.6 is 0 Å². The normalized spacial score (nSPS) is 28.4. The lowest BCUT2D eigenvalue weighted by molar-refractivity contribution is -0.138. The molecule has 2 fully saturated rings. The first-order valence-electron chi connectivity index (χ1n) is 7.54. The van der Waals surface area contributed by atoms with E-state index in [0.29, 0.717) is 17.9 Å². The summed E-state index contributed by atoms with van der Waals surface area (Å²) < 4.78 is 0. The average Bonchev–Trinajstić information content (AvgIpc) is 2.86. The van der Waals surface area contributed by atoms with Crippen LogP contribution in [0.5, 0.6) is 0 Å². The zero-order valence-corrected chi connectivity index (χ0v) is 11.5. The van der Waals surface area contributed by atoms with Crippen molar-refractivity contribution in [3.8, 4) is 0 Å². The zero-order chi connectivity index (χ0) is 12.3. The van der Waals surface area contributed by atoms with E-state index in [-0.39, 0.29) is 5.92 Å². The molecule has 2 rings (SSSR count). The third kappa shape index (κ3) is 2.83. The number of hydrogen-bond acceptors (Lipinski definition) is 1. The molecule has 1 aliphatic carbocycles. The van der Waals surface area contributed by atoms with Crippen LogP contribution in [0.15, 0.2) is 0 Å². The van der Waals surface area contributed by atoms with Gasteiger partial charge in [-0.3, -0.25) is 4.79 Å². The van der Waals surface area contributed by atoms with Gasteiger partial charge in [0.25, 0.3) is 0 Å². The van der Waals surface area contributed by atoms with Crippen LogP contribution in [0.4, 0.5) is 0 Å².